The van der Waals surface area contributed by atoms with Crippen molar-refractivity contribution < 1.29 is 19.4 Å². The van der Waals surface area contributed by atoms with E-state index in [9.17, 15) is 9.59 Å². The van der Waals surface area contributed by atoms with Gasteiger partial charge in [-0.25, -0.2) is 0 Å². The second-order valence-electron chi connectivity index (χ2n) is 4.59. The number of carbonyl (C=O) groups excluding carboxylic acids is 1. The molecule has 0 aromatic carbocycles. The molecular weight excluding hydrogens is 232 g/mol. The normalized spacial score (nSPS) is 10.3. The van der Waals surface area contributed by atoms with Crippen molar-refractivity contribution in [3.8, 4) is 0 Å². The molecule has 106 valence electrons. The first-order chi connectivity index (χ1) is 8.66. The standard InChI is InChI=1S/C14H26O4/c1-2-3-4-9-12-18-14(17)11-8-6-5-7-10-13(15)16/h2-12H2,1H3,(H,15,16). The molecule has 4 nitrogen and oxygen atoms in total. The summed E-state index contributed by atoms with van der Waals surface area (Å²) in [5.41, 5.74) is 0. The van der Waals surface area contributed by atoms with E-state index in [4.69, 9.17) is 9.84 Å². The van der Waals surface area contributed by atoms with Crippen molar-refractivity contribution >= 4 is 11.9 Å². The van der Waals surface area contributed by atoms with Gasteiger partial charge >= 0.3 is 11.9 Å². The number of carboxylic acids is 1. The van der Waals surface area contributed by atoms with Gasteiger partial charge in [0.1, 0.15) is 0 Å². The molecule has 0 amide bonds. The fourth-order valence-corrected chi connectivity index (χ4v) is 1.69. The summed E-state index contributed by atoms with van der Waals surface area (Å²) in [5, 5.41) is 8.44. The maximum atomic E-state index is 11.3. The molecule has 0 saturated carbocycles. The van der Waals surface area contributed by atoms with Crippen LogP contribution in [-0.4, -0.2) is 23.7 Å². The van der Waals surface area contributed by atoms with Gasteiger partial charge in [0, 0.05) is 12.8 Å². The molecule has 0 aliphatic heterocycles. The van der Waals surface area contributed by atoms with E-state index in [0.29, 0.717) is 19.4 Å². The highest BCUT2D eigenvalue weighted by atomic mass is 16.5. The van der Waals surface area contributed by atoms with Crippen molar-refractivity contribution in [3.63, 3.8) is 0 Å². The van der Waals surface area contributed by atoms with Crippen LogP contribution in [0.2, 0.25) is 0 Å². The van der Waals surface area contributed by atoms with Crippen molar-refractivity contribution in [1.82, 2.24) is 0 Å². The van der Waals surface area contributed by atoms with Gasteiger partial charge in [-0.2, -0.15) is 0 Å². The Morgan fingerprint density at radius 1 is 0.889 bits per heavy atom. The monoisotopic (exact) mass is 258 g/mol. The lowest BCUT2D eigenvalue weighted by molar-refractivity contribution is -0.144. The van der Waals surface area contributed by atoms with Crippen LogP contribution >= 0.6 is 0 Å². The highest BCUT2D eigenvalue weighted by molar-refractivity contribution is 5.69. The molecule has 0 fully saturated rings. The Morgan fingerprint density at radius 2 is 1.50 bits per heavy atom. The van der Waals surface area contributed by atoms with Crippen molar-refractivity contribution in [2.75, 3.05) is 6.61 Å². The molecule has 0 saturated heterocycles. The summed E-state index contributed by atoms with van der Waals surface area (Å²) in [4.78, 5) is 21.6. The third-order valence-electron chi connectivity index (χ3n) is 2.78. The van der Waals surface area contributed by atoms with Crippen molar-refractivity contribution in [1.29, 1.82) is 0 Å². The van der Waals surface area contributed by atoms with Gasteiger partial charge in [0.25, 0.3) is 0 Å². The van der Waals surface area contributed by atoms with Crippen LogP contribution < -0.4 is 0 Å². The Labute approximate surface area is 110 Å². The van der Waals surface area contributed by atoms with E-state index in [1.807, 2.05) is 0 Å². The number of rotatable bonds is 12. The Balaban J connectivity index is 3.19. The van der Waals surface area contributed by atoms with Crippen LogP contribution in [0.25, 0.3) is 0 Å². The number of unbranched alkanes of at least 4 members (excludes halogenated alkanes) is 6. The van der Waals surface area contributed by atoms with E-state index in [1.165, 1.54) is 12.8 Å². The number of aliphatic carboxylic acids is 1. The molecule has 0 aromatic rings. The maximum Gasteiger partial charge on any atom is 0.305 e. The molecule has 0 atom stereocenters. The third-order valence-corrected chi connectivity index (χ3v) is 2.78. The molecular formula is C14H26O4. The fraction of sp³-hybridized carbons (Fsp3) is 0.857. The molecule has 0 spiro atoms. The van der Waals surface area contributed by atoms with Crippen LogP contribution in [0.3, 0.4) is 0 Å². The second-order valence-corrected chi connectivity index (χ2v) is 4.59. The minimum absolute atomic E-state index is 0.121. The van der Waals surface area contributed by atoms with Crippen LogP contribution in [0.4, 0.5) is 0 Å². The van der Waals surface area contributed by atoms with Gasteiger partial charge in [-0.1, -0.05) is 39.0 Å². The lowest BCUT2D eigenvalue weighted by Crippen LogP contribution is -2.05. The molecule has 0 bridgehead atoms. The first-order valence-corrected chi connectivity index (χ1v) is 7.04. The summed E-state index contributed by atoms with van der Waals surface area (Å²) in [5.74, 6) is -0.869. The topological polar surface area (TPSA) is 63.6 Å². The SMILES string of the molecule is CCCCCCOC(=O)CCCCCCC(=O)O. The Morgan fingerprint density at radius 3 is 2.11 bits per heavy atom. The molecule has 0 heterocycles. The van der Waals surface area contributed by atoms with Gasteiger partial charge in [-0.05, 0) is 19.3 Å². The van der Waals surface area contributed by atoms with Gasteiger partial charge in [0.2, 0.25) is 0 Å². The van der Waals surface area contributed by atoms with E-state index in [0.717, 1.165) is 32.1 Å². The number of ether oxygens (including phenoxy) is 1. The number of hydrogen-bond acceptors (Lipinski definition) is 3. The fourth-order valence-electron chi connectivity index (χ4n) is 1.69. The van der Waals surface area contributed by atoms with Gasteiger partial charge < -0.3 is 9.84 Å². The highest BCUT2D eigenvalue weighted by Gasteiger charge is 2.02. The first-order valence-electron chi connectivity index (χ1n) is 7.04. The van der Waals surface area contributed by atoms with Crippen LogP contribution in [0, 0.1) is 0 Å². The molecule has 4 heteroatoms. The Kier molecular flexibility index (Phi) is 11.7. The molecule has 0 rings (SSSR count). The Hall–Kier alpha value is -1.06. The maximum absolute atomic E-state index is 11.3. The summed E-state index contributed by atoms with van der Waals surface area (Å²) >= 11 is 0. The van der Waals surface area contributed by atoms with E-state index in [1.54, 1.807) is 0 Å². The summed E-state index contributed by atoms with van der Waals surface area (Å²) in [6.45, 7) is 2.69. The Bertz CT molecular complexity index is 226. The van der Waals surface area contributed by atoms with E-state index in [-0.39, 0.29) is 12.4 Å². The minimum atomic E-state index is -0.749. The number of carbonyl (C=O) groups is 2. The molecule has 0 aromatic heterocycles. The molecule has 0 aliphatic carbocycles. The van der Waals surface area contributed by atoms with E-state index < -0.39 is 5.97 Å². The van der Waals surface area contributed by atoms with Crippen LogP contribution in [0.5, 0.6) is 0 Å². The smallest absolute Gasteiger partial charge is 0.305 e. The molecule has 18 heavy (non-hydrogen) atoms. The zero-order valence-electron chi connectivity index (χ0n) is 11.5. The lowest BCUT2D eigenvalue weighted by Gasteiger charge is -2.04. The van der Waals surface area contributed by atoms with Crippen LogP contribution in [0.1, 0.15) is 71.1 Å². The van der Waals surface area contributed by atoms with Crippen molar-refractivity contribution in [2.45, 2.75) is 71.1 Å². The first kappa shape index (κ1) is 16.9. The predicted molar refractivity (Wildman–Crippen MR) is 70.4 cm³/mol. The van der Waals surface area contributed by atoms with Gasteiger partial charge in [-0.3, -0.25) is 9.59 Å². The minimum Gasteiger partial charge on any atom is -0.481 e. The zero-order chi connectivity index (χ0) is 13.6. The third kappa shape index (κ3) is 13.0. The number of hydrogen-bond donors (Lipinski definition) is 1. The van der Waals surface area contributed by atoms with Crippen LogP contribution in [-0.2, 0) is 14.3 Å². The van der Waals surface area contributed by atoms with Crippen LogP contribution in [0.15, 0.2) is 0 Å². The molecule has 0 radical (unpaired) electrons. The zero-order valence-corrected chi connectivity index (χ0v) is 11.5. The predicted octanol–water partition coefficient (Wildman–Crippen LogP) is 3.54. The average Bonchev–Trinajstić information content (AvgIpc) is 2.33. The average molecular weight is 258 g/mol. The molecule has 0 aliphatic rings. The highest BCUT2D eigenvalue weighted by Crippen LogP contribution is 2.07. The van der Waals surface area contributed by atoms with Gasteiger partial charge in [-0.15, -0.1) is 0 Å². The van der Waals surface area contributed by atoms with E-state index in [2.05, 4.69) is 6.92 Å². The molecule has 1 N–H and O–H groups in total. The molecule has 0 unspecified atom stereocenters. The van der Waals surface area contributed by atoms with Gasteiger partial charge in [0.05, 0.1) is 6.61 Å². The summed E-state index contributed by atoms with van der Waals surface area (Å²) in [7, 11) is 0. The number of esters is 1. The quantitative estimate of drug-likeness (QED) is 0.429. The van der Waals surface area contributed by atoms with Crippen molar-refractivity contribution in [2.24, 2.45) is 0 Å². The largest absolute Gasteiger partial charge is 0.481 e. The number of carboxylic acid groups (broad SMARTS) is 1. The lowest BCUT2D eigenvalue weighted by atomic mass is 10.1. The summed E-state index contributed by atoms with van der Waals surface area (Å²) in [6.07, 6.45) is 8.41. The van der Waals surface area contributed by atoms with Crippen molar-refractivity contribution in [3.05, 3.63) is 0 Å². The van der Waals surface area contributed by atoms with E-state index >= 15 is 0 Å². The summed E-state index contributed by atoms with van der Waals surface area (Å²) in [6, 6.07) is 0. The summed E-state index contributed by atoms with van der Waals surface area (Å²) < 4.78 is 5.10. The van der Waals surface area contributed by atoms with Gasteiger partial charge in [0.15, 0.2) is 0 Å². The second kappa shape index (κ2) is 12.4.